The molecule has 7 heteroatoms. The summed E-state index contributed by atoms with van der Waals surface area (Å²) in [6, 6.07) is 8.78. The second kappa shape index (κ2) is 6.04. The highest BCUT2D eigenvalue weighted by Crippen LogP contribution is 2.22. The molecule has 0 saturated carbocycles. The van der Waals surface area contributed by atoms with Gasteiger partial charge in [-0.15, -0.1) is 11.3 Å². The third kappa shape index (κ3) is 3.79. The quantitative estimate of drug-likeness (QED) is 0.861. The smallest absolute Gasteiger partial charge is 0.240 e. The summed E-state index contributed by atoms with van der Waals surface area (Å²) in [5, 5.41) is 5.25. The monoisotopic (exact) mass is 360 g/mol. The van der Waals surface area contributed by atoms with Gasteiger partial charge in [0.25, 0.3) is 0 Å². The largest absolute Gasteiger partial charge is 0.381 e. The highest BCUT2D eigenvalue weighted by Gasteiger charge is 2.11. The lowest BCUT2D eigenvalue weighted by atomic mass is 10.3. The predicted octanol–water partition coefficient (Wildman–Crippen LogP) is 3.03. The number of sulfonamides is 1. The van der Waals surface area contributed by atoms with Crippen molar-refractivity contribution in [3.63, 3.8) is 0 Å². The van der Waals surface area contributed by atoms with Crippen molar-refractivity contribution in [2.45, 2.75) is 11.4 Å². The number of halogens is 1. The van der Waals surface area contributed by atoms with E-state index in [0.29, 0.717) is 6.54 Å². The number of thiophene rings is 1. The zero-order valence-electron chi connectivity index (χ0n) is 10.2. The standard InChI is InChI=1S/C12H13BrN2O2S2/c1-14-19(16,17)11-4-2-3-10(6-11)15-7-9-5-12(13)18-8-9/h2-6,8,14-15H,7H2,1H3. The number of nitrogens with one attached hydrogen (secondary N) is 2. The highest BCUT2D eigenvalue weighted by atomic mass is 79.9. The van der Waals surface area contributed by atoms with Crippen LogP contribution in [-0.4, -0.2) is 15.5 Å². The number of rotatable bonds is 5. The van der Waals surface area contributed by atoms with Crippen molar-refractivity contribution < 1.29 is 8.42 Å². The van der Waals surface area contributed by atoms with Crippen LogP contribution in [0.4, 0.5) is 5.69 Å². The molecule has 0 fully saturated rings. The summed E-state index contributed by atoms with van der Waals surface area (Å²) in [4.78, 5) is 0.256. The molecule has 0 amide bonds. The first kappa shape index (κ1) is 14.5. The molecular formula is C12H13BrN2O2S2. The lowest BCUT2D eigenvalue weighted by Crippen LogP contribution is -2.18. The molecule has 102 valence electrons. The molecule has 1 heterocycles. The van der Waals surface area contributed by atoms with Crippen LogP contribution < -0.4 is 10.0 Å². The minimum atomic E-state index is -3.39. The first-order valence-electron chi connectivity index (χ1n) is 5.51. The van der Waals surface area contributed by atoms with Gasteiger partial charge in [-0.05, 0) is 58.2 Å². The van der Waals surface area contributed by atoms with Gasteiger partial charge in [0.05, 0.1) is 8.68 Å². The van der Waals surface area contributed by atoms with Gasteiger partial charge in [-0.1, -0.05) is 6.07 Å². The molecule has 19 heavy (non-hydrogen) atoms. The van der Waals surface area contributed by atoms with Gasteiger partial charge in [0, 0.05) is 12.2 Å². The van der Waals surface area contributed by atoms with Crippen LogP contribution in [0.1, 0.15) is 5.56 Å². The Bertz CT molecular complexity index is 668. The maximum Gasteiger partial charge on any atom is 0.240 e. The second-order valence-corrected chi connectivity index (χ2v) is 8.03. The van der Waals surface area contributed by atoms with Crippen molar-refractivity contribution in [3.8, 4) is 0 Å². The summed E-state index contributed by atoms with van der Waals surface area (Å²) in [5.74, 6) is 0. The van der Waals surface area contributed by atoms with E-state index in [9.17, 15) is 8.42 Å². The van der Waals surface area contributed by atoms with E-state index >= 15 is 0 Å². The molecule has 2 rings (SSSR count). The van der Waals surface area contributed by atoms with E-state index in [1.54, 1.807) is 29.5 Å². The molecule has 1 aromatic heterocycles. The Labute approximate surface area is 125 Å². The number of benzene rings is 1. The van der Waals surface area contributed by atoms with E-state index in [1.807, 2.05) is 17.5 Å². The highest BCUT2D eigenvalue weighted by molar-refractivity contribution is 9.11. The van der Waals surface area contributed by atoms with E-state index in [1.165, 1.54) is 7.05 Å². The normalized spacial score (nSPS) is 11.5. The molecular weight excluding hydrogens is 348 g/mol. The van der Waals surface area contributed by atoms with Gasteiger partial charge in [-0.3, -0.25) is 0 Å². The van der Waals surface area contributed by atoms with Crippen LogP contribution in [0.15, 0.2) is 44.4 Å². The van der Waals surface area contributed by atoms with E-state index in [4.69, 9.17) is 0 Å². The summed E-state index contributed by atoms with van der Waals surface area (Å²) in [6.45, 7) is 0.658. The molecule has 0 radical (unpaired) electrons. The summed E-state index contributed by atoms with van der Waals surface area (Å²) in [5.41, 5.74) is 1.93. The Balaban J connectivity index is 2.11. The lowest BCUT2D eigenvalue weighted by Gasteiger charge is -2.07. The Hall–Kier alpha value is -0.890. The van der Waals surface area contributed by atoms with Gasteiger partial charge < -0.3 is 5.32 Å². The Kier molecular flexibility index (Phi) is 4.62. The van der Waals surface area contributed by atoms with Crippen molar-refractivity contribution in [2.24, 2.45) is 0 Å². The van der Waals surface area contributed by atoms with Crippen LogP contribution in [-0.2, 0) is 16.6 Å². The molecule has 4 nitrogen and oxygen atoms in total. The summed E-state index contributed by atoms with van der Waals surface area (Å²) in [6.07, 6.45) is 0. The lowest BCUT2D eigenvalue weighted by molar-refractivity contribution is 0.588. The van der Waals surface area contributed by atoms with Gasteiger partial charge in [0.2, 0.25) is 10.0 Å². The summed E-state index contributed by atoms with van der Waals surface area (Å²) < 4.78 is 26.8. The van der Waals surface area contributed by atoms with E-state index < -0.39 is 10.0 Å². The third-order valence-electron chi connectivity index (χ3n) is 2.53. The Morgan fingerprint density at radius 2 is 2.11 bits per heavy atom. The van der Waals surface area contributed by atoms with Crippen LogP contribution in [0.2, 0.25) is 0 Å². The van der Waals surface area contributed by atoms with Gasteiger partial charge in [-0.25, -0.2) is 13.1 Å². The van der Waals surface area contributed by atoms with Crippen LogP contribution in [0, 0.1) is 0 Å². The fraction of sp³-hybridized carbons (Fsp3) is 0.167. The number of hydrogen-bond acceptors (Lipinski definition) is 4. The average molecular weight is 361 g/mol. The molecule has 0 aliphatic heterocycles. The molecule has 2 N–H and O–H groups in total. The number of hydrogen-bond donors (Lipinski definition) is 2. The Morgan fingerprint density at radius 1 is 1.32 bits per heavy atom. The summed E-state index contributed by atoms with van der Waals surface area (Å²) >= 11 is 5.03. The van der Waals surface area contributed by atoms with Crippen molar-refractivity contribution in [3.05, 3.63) is 45.1 Å². The second-order valence-electron chi connectivity index (χ2n) is 3.85. The molecule has 0 atom stereocenters. The Morgan fingerprint density at radius 3 is 2.74 bits per heavy atom. The first-order chi connectivity index (χ1) is 9.01. The first-order valence-corrected chi connectivity index (χ1v) is 8.67. The molecule has 0 bridgehead atoms. The molecule has 0 saturated heterocycles. The SMILES string of the molecule is CNS(=O)(=O)c1cccc(NCc2csc(Br)c2)c1. The van der Waals surface area contributed by atoms with Gasteiger partial charge in [0.15, 0.2) is 0 Å². The topological polar surface area (TPSA) is 58.2 Å². The number of anilines is 1. The zero-order valence-corrected chi connectivity index (χ0v) is 13.4. The maximum absolute atomic E-state index is 11.7. The van der Waals surface area contributed by atoms with Crippen LogP contribution >= 0.6 is 27.3 Å². The zero-order chi connectivity index (χ0) is 13.9. The van der Waals surface area contributed by atoms with Gasteiger partial charge in [0.1, 0.15) is 0 Å². The summed E-state index contributed by atoms with van der Waals surface area (Å²) in [7, 11) is -1.99. The van der Waals surface area contributed by atoms with Crippen molar-refractivity contribution in [2.75, 3.05) is 12.4 Å². The van der Waals surface area contributed by atoms with Crippen LogP contribution in [0.3, 0.4) is 0 Å². The van der Waals surface area contributed by atoms with E-state index in [-0.39, 0.29) is 4.90 Å². The van der Waals surface area contributed by atoms with Crippen LogP contribution in [0.25, 0.3) is 0 Å². The van der Waals surface area contributed by atoms with Gasteiger partial charge in [-0.2, -0.15) is 0 Å². The molecule has 0 aliphatic rings. The van der Waals surface area contributed by atoms with E-state index in [0.717, 1.165) is 15.0 Å². The van der Waals surface area contributed by atoms with E-state index in [2.05, 4.69) is 26.0 Å². The molecule has 2 aromatic rings. The van der Waals surface area contributed by atoms with Gasteiger partial charge >= 0.3 is 0 Å². The molecule has 0 unspecified atom stereocenters. The fourth-order valence-corrected chi connectivity index (χ4v) is 3.52. The van der Waals surface area contributed by atoms with Crippen molar-refractivity contribution in [1.82, 2.24) is 4.72 Å². The molecule has 1 aromatic carbocycles. The average Bonchev–Trinajstić information content (AvgIpc) is 2.82. The fourth-order valence-electron chi connectivity index (χ4n) is 1.53. The predicted molar refractivity (Wildman–Crippen MR) is 82.0 cm³/mol. The minimum Gasteiger partial charge on any atom is -0.381 e. The molecule has 0 spiro atoms. The van der Waals surface area contributed by atoms with Crippen molar-refractivity contribution >= 4 is 43.0 Å². The third-order valence-corrected chi connectivity index (χ3v) is 5.50. The van der Waals surface area contributed by atoms with Crippen LogP contribution in [0.5, 0.6) is 0 Å². The maximum atomic E-state index is 11.7. The van der Waals surface area contributed by atoms with Crippen molar-refractivity contribution in [1.29, 1.82) is 0 Å². The molecule has 0 aliphatic carbocycles. The minimum absolute atomic E-state index is 0.256.